The number of benzene rings is 1. The number of aromatic nitrogens is 2. The molecule has 7 nitrogen and oxygen atoms in total. The molecule has 2 aromatic rings. The monoisotopic (exact) mass is 308 g/mol. The summed E-state index contributed by atoms with van der Waals surface area (Å²) in [5.41, 5.74) is 6.10. The first-order chi connectivity index (χ1) is 10.0. The lowest BCUT2D eigenvalue weighted by Gasteiger charge is -2.27. The van der Waals surface area contributed by atoms with Gasteiger partial charge in [0.2, 0.25) is 10.0 Å². The Morgan fingerprint density at radius 3 is 2.90 bits per heavy atom. The number of nitrogen functional groups attached to an aromatic ring is 1. The van der Waals surface area contributed by atoms with E-state index >= 15 is 0 Å². The van der Waals surface area contributed by atoms with Gasteiger partial charge in [0.05, 0.1) is 13.7 Å². The summed E-state index contributed by atoms with van der Waals surface area (Å²) < 4.78 is 34.1. The van der Waals surface area contributed by atoms with Crippen LogP contribution in [-0.4, -0.2) is 35.9 Å². The van der Waals surface area contributed by atoms with Gasteiger partial charge in [-0.1, -0.05) is 0 Å². The smallest absolute Gasteiger partial charge is 0.247 e. The molecule has 1 aromatic heterocycles. The highest BCUT2D eigenvalue weighted by Crippen LogP contribution is 2.30. The summed E-state index contributed by atoms with van der Waals surface area (Å²) in [5.74, 6) is 1.02. The van der Waals surface area contributed by atoms with Crippen LogP contribution < -0.4 is 10.5 Å². The van der Waals surface area contributed by atoms with Gasteiger partial charge >= 0.3 is 0 Å². The maximum Gasteiger partial charge on any atom is 0.247 e. The predicted molar refractivity (Wildman–Crippen MR) is 77.2 cm³/mol. The van der Waals surface area contributed by atoms with E-state index in [1.807, 2.05) is 10.8 Å². The molecule has 0 unspecified atom stereocenters. The first-order valence-corrected chi connectivity index (χ1v) is 7.90. The lowest BCUT2D eigenvalue weighted by atomic mass is 10.3. The average Bonchev–Trinajstić information content (AvgIpc) is 2.94. The number of imidazole rings is 1. The Hall–Kier alpha value is -2.06. The lowest BCUT2D eigenvalue weighted by Crippen LogP contribution is -2.38. The molecule has 0 bridgehead atoms. The largest absolute Gasteiger partial charge is 0.495 e. The molecule has 21 heavy (non-hydrogen) atoms. The quantitative estimate of drug-likeness (QED) is 0.842. The van der Waals surface area contributed by atoms with Crippen molar-refractivity contribution in [3.8, 4) is 5.75 Å². The van der Waals surface area contributed by atoms with Crippen LogP contribution in [0.1, 0.15) is 5.82 Å². The number of methoxy groups -OCH3 is 1. The minimum atomic E-state index is -3.67. The highest BCUT2D eigenvalue weighted by molar-refractivity contribution is 7.89. The number of ether oxygens (including phenoxy) is 1. The fraction of sp³-hybridized carbons (Fsp3) is 0.308. The molecule has 112 valence electrons. The third-order valence-corrected chi connectivity index (χ3v) is 5.38. The molecule has 1 aliphatic heterocycles. The molecule has 0 fully saturated rings. The predicted octanol–water partition coefficient (Wildman–Crippen LogP) is 0.678. The van der Waals surface area contributed by atoms with Crippen LogP contribution in [0.4, 0.5) is 5.69 Å². The molecule has 2 heterocycles. The zero-order valence-electron chi connectivity index (χ0n) is 11.6. The molecule has 2 N–H and O–H groups in total. The summed E-state index contributed by atoms with van der Waals surface area (Å²) in [4.78, 5) is 4.26. The van der Waals surface area contributed by atoms with E-state index in [2.05, 4.69) is 4.98 Å². The summed E-state index contributed by atoms with van der Waals surface area (Å²) in [6.45, 7) is 1.22. The Labute approximate surface area is 123 Å². The first-order valence-electron chi connectivity index (χ1n) is 6.46. The Kier molecular flexibility index (Phi) is 3.34. The van der Waals surface area contributed by atoms with Crippen LogP contribution in [0.25, 0.3) is 0 Å². The number of hydrogen-bond acceptors (Lipinski definition) is 5. The fourth-order valence-corrected chi connectivity index (χ4v) is 3.97. The van der Waals surface area contributed by atoms with E-state index in [1.54, 1.807) is 18.3 Å². The molecule has 3 rings (SSSR count). The summed E-state index contributed by atoms with van der Waals surface area (Å²) in [7, 11) is -2.23. The molecule has 0 spiro atoms. The molecule has 0 amide bonds. The van der Waals surface area contributed by atoms with Crippen molar-refractivity contribution in [2.24, 2.45) is 0 Å². The zero-order valence-corrected chi connectivity index (χ0v) is 12.4. The Morgan fingerprint density at radius 2 is 2.14 bits per heavy atom. The zero-order chi connectivity index (χ0) is 15.0. The minimum Gasteiger partial charge on any atom is -0.495 e. The van der Waals surface area contributed by atoms with Gasteiger partial charge in [-0.15, -0.1) is 0 Å². The molecule has 0 saturated carbocycles. The van der Waals surface area contributed by atoms with Gasteiger partial charge in [-0.3, -0.25) is 0 Å². The second-order valence-electron chi connectivity index (χ2n) is 4.79. The van der Waals surface area contributed by atoms with Crippen molar-refractivity contribution in [1.82, 2.24) is 13.9 Å². The summed E-state index contributed by atoms with van der Waals surface area (Å²) >= 11 is 0. The number of hydrogen-bond donors (Lipinski definition) is 1. The van der Waals surface area contributed by atoms with Crippen molar-refractivity contribution in [2.75, 3.05) is 19.4 Å². The number of nitrogens with zero attached hydrogens (tertiary/aromatic N) is 3. The van der Waals surface area contributed by atoms with E-state index < -0.39 is 10.0 Å². The van der Waals surface area contributed by atoms with Gasteiger partial charge in [0.1, 0.15) is 16.5 Å². The number of nitrogens with two attached hydrogens (primary N) is 1. The normalized spacial score (nSPS) is 15.7. The van der Waals surface area contributed by atoms with E-state index in [9.17, 15) is 8.42 Å². The van der Waals surface area contributed by atoms with Crippen LogP contribution in [0, 0.1) is 0 Å². The second-order valence-corrected chi connectivity index (χ2v) is 6.69. The Balaban J connectivity index is 2.00. The van der Waals surface area contributed by atoms with Gasteiger partial charge in [0, 0.05) is 31.2 Å². The first kappa shape index (κ1) is 13.9. The fourth-order valence-electron chi connectivity index (χ4n) is 2.39. The molecule has 0 atom stereocenters. The van der Waals surface area contributed by atoms with Crippen LogP contribution in [0.2, 0.25) is 0 Å². The van der Waals surface area contributed by atoms with Crippen LogP contribution in [-0.2, 0) is 23.1 Å². The van der Waals surface area contributed by atoms with Gasteiger partial charge in [-0.25, -0.2) is 13.4 Å². The molecule has 0 radical (unpaired) electrons. The summed E-state index contributed by atoms with van der Waals surface area (Å²) in [6, 6.07) is 4.60. The third kappa shape index (κ3) is 2.36. The summed E-state index contributed by atoms with van der Waals surface area (Å²) in [5, 5.41) is 0. The topological polar surface area (TPSA) is 90.5 Å². The number of sulfonamides is 1. The van der Waals surface area contributed by atoms with Crippen LogP contribution in [0.3, 0.4) is 0 Å². The number of rotatable bonds is 3. The molecule has 8 heteroatoms. The van der Waals surface area contributed by atoms with E-state index in [1.165, 1.54) is 17.5 Å². The van der Waals surface area contributed by atoms with Crippen LogP contribution in [0.15, 0.2) is 35.5 Å². The van der Waals surface area contributed by atoms with Crippen molar-refractivity contribution >= 4 is 15.7 Å². The van der Waals surface area contributed by atoms with Crippen molar-refractivity contribution in [3.05, 3.63) is 36.4 Å². The van der Waals surface area contributed by atoms with E-state index in [4.69, 9.17) is 10.5 Å². The number of anilines is 1. The van der Waals surface area contributed by atoms with Gasteiger partial charge in [0.15, 0.2) is 0 Å². The summed E-state index contributed by atoms with van der Waals surface area (Å²) in [6.07, 6.45) is 3.52. The average molecular weight is 308 g/mol. The minimum absolute atomic E-state index is 0.0880. The highest BCUT2D eigenvalue weighted by atomic mass is 32.2. The van der Waals surface area contributed by atoms with Gasteiger partial charge < -0.3 is 15.0 Å². The Bertz CT molecular complexity index is 769. The van der Waals surface area contributed by atoms with E-state index in [0.717, 1.165) is 5.82 Å². The van der Waals surface area contributed by atoms with Crippen molar-refractivity contribution in [3.63, 3.8) is 0 Å². The number of fused-ring (bicyclic) bond motifs is 1. The van der Waals surface area contributed by atoms with Gasteiger partial charge in [0.25, 0.3) is 0 Å². The molecule has 0 saturated heterocycles. The molecule has 1 aliphatic rings. The molecule has 1 aromatic carbocycles. The highest BCUT2D eigenvalue weighted by Gasteiger charge is 2.31. The van der Waals surface area contributed by atoms with Crippen LogP contribution >= 0.6 is 0 Å². The van der Waals surface area contributed by atoms with E-state index in [0.29, 0.717) is 18.8 Å². The van der Waals surface area contributed by atoms with Crippen molar-refractivity contribution < 1.29 is 13.2 Å². The van der Waals surface area contributed by atoms with Crippen molar-refractivity contribution in [1.29, 1.82) is 0 Å². The third-order valence-electron chi connectivity index (χ3n) is 3.52. The van der Waals surface area contributed by atoms with Crippen LogP contribution in [0.5, 0.6) is 5.75 Å². The van der Waals surface area contributed by atoms with Gasteiger partial charge in [-0.2, -0.15) is 4.31 Å². The van der Waals surface area contributed by atoms with Crippen molar-refractivity contribution in [2.45, 2.75) is 18.0 Å². The maximum atomic E-state index is 12.8. The Morgan fingerprint density at radius 1 is 1.33 bits per heavy atom. The molecular weight excluding hydrogens is 292 g/mol. The maximum absolute atomic E-state index is 12.8. The standard InChI is InChI=1S/C13H16N4O3S/c1-20-11-3-2-10(14)8-12(11)21(18,19)17-7-6-16-5-4-15-13(16)9-17/h2-5,8H,6-7,9,14H2,1H3. The van der Waals surface area contributed by atoms with E-state index in [-0.39, 0.29) is 17.2 Å². The van der Waals surface area contributed by atoms with Gasteiger partial charge in [-0.05, 0) is 18.2 Å². The SMILES string of the molecule is COc1ccc(N)cc1S(=O)(=O)N1CCn2ccnc2C1. The molecular formula is C13H16N4O3S. The second kappa shape index (κ2) is 5.05. The lowest BCUT2D eigenvalue weighted by molar-refractivity contribution is 0.332. The molecule has 0 aliphatic carbocycles.